The van der Waals surface area contributed by atoms with E-state index >= 15 is 0 Å². The zero-order chi connectivity index (χ0) is 22.1. The molecule has 2 aliphatic rings. The lowest BCUT2D eigenvalue weighted by molar-refractivity contribution is -0.129. The van der Waals surface area contributed by atoms with E-state index in [-0.39, 0.29) is 41.4 Å². The summed E-state index contributed by atoms with van der Waals surface area (Å²) in [5.41, 5.74) is 0.611. The Hall–Kier alpha value is -3.73. The van der Waals surface area contributed by atoms with Crippen molar-refractivity contribution < 1.29 is 18.4 Å². The fourth-order valence-corrected chi connectivity index (χ4v) is 4.24. The average Bonchev–Trinajstić information content (AvgIpc) is 3.44. The highest BCUT2D eigenvalue weighted by molar-refractivity contribution is 5.94. The zero-order valence-corrected chi connectivity index (χ0v) is 16.9. The Labute approximate surface area is 182 Å². The number of hydrogen-bond donors (Lipinski definition) is 2. The number of halogens is 1. The van der Waals surface area contributed by atoms with E-state index in [1.54, 1.807) is 18.2 Å². The fraction of sp³-hybridized carbons (Fsp3) is 0.333. The standard InChI is InChI=1S/C21H20FN7O3/c22-16-4-2-1-3-15(16)21-28-27-18(32-21)6-14-9-25-20(31)17-5-13(10-29(14)17)26-19(30)12-7-23-11-24-8-12/h1-4,7-8,11,13-14,17H,5-6,9-10H2,(H,25,31)(H,26,30)/t13-,14+,17-/m0/s1. The van der Waals surface area contributed by atoms with Gasteiger partial charge in [0.2, 0.25) is 11.8 Å². The molecule has 0 aliphatic carbocycles. The lowest BCUT2D eigenvalue weighted by Gasteiger charge is -2.36. The molecule has 10 nitrogen and oxygen atoms in total. The Bertz CT molecular complexity index is 1140. The number of carbonyl (C=O) groups excluding carboxylic acids is 2. The van der Waals surface area contributed by atoms with E-state index in [1.807, 2.05) is 0 Å². The molecule has 3 atom stereocenters. The van der Waals surface area contributed by atoms with Crippen LogP contribution in [0.3, 0.4) is 0 Å². The zero-order valence-electron chi connectivity index (χ0n) is 16.9. The topological polar surface area (TPSA) is 126 Å². The largest absolute Gasteiger partial charge is 0.421 e. The van der Waals surface area contributed by atoms with Crippen molar-refractivity contribution in [3.8, 4) is 11.5 Å². The molecule has 2 saturated heterocycles. The molecule has 2 aliphatic heterocycles. The van der Waals surface area contributed by atoms with Crippen LogP contribution in [0.25, 0.3) is 11.5 Å². The molecule has 0 radical (unpaired) electrons. The minimum atomic E-state index is -0.436. The first-order valence-corrected chi connectivity index (χ1v) is 10.2. The number of piperazine rings is 1. The summed E-state index contributed by atoms with van der Waals surface area (Å²) in [6.07, 6.45) is 5.14. The summed E-state index contributed by atoms with van der Waals surface area (Å²) in [7, 11) is 0. The molecule has 3 aromatic rings. The maximum Gasteiger partial charge on any atom is 0.254 e. The van der Waals surface area contributed by atoms with E-state index in [4.69, 9.17) is 4.42 Å². The van der Waals surface area contributed by atoms with Gasteiger partial charge in [-0.15, -0.1) is 10.2 Å². The van der Waals surface area contributed by atoms with Gasteiger partial charge in [-0.1, -0.05) is 12.1 Å². The molecule has 2 amide bonds. The minimum Gasteiger partial charge on any atom is -0.421 e. The second kappa shape index (κ2) is 8.42. The van der Waals surface area contributed by atoms with E-state index < -0.39 is 5.82 Å². The Kier molecular flexibility index (Phi) is 5.31. The molecule has 1 aromatic carbocycles. The van der Waals surface area contributed by atoms with Gasteiger partial charge in [-0.25, -0.2) is 14.4 Å². The van der Waals surface area contributed by atoms with Crippen molar-refractivity contribution in [2.45, 2.75) is 31.0 Å². The van der Waals surface area contributed by atoms with Gasteiger partial charge in [-0.2, -0.15) is 0 Å². The van der Waals surface area contributed by atoms with Crippen LogP contribution in [0.2, 0.25) is 0 Å². The molecule has 32 heavy (non-hydrogen) atoms. The maximum atomic E-state index is 14.0. The number of hydrogen-bond acceptors (Lipinski definition) is 8. The van der Waals surface area contributed by atoms with Crippen LogP contribution in [-0.2, 0) is 11.2 Å². The number of amides is 2. The van der Waals surface area contributed by atoms with Gasteiger partial charge in [0.15, 0.2) is 0 Å². The smallest absolute Gasteiger partial charge is 0.254 e. The summed E-state index contributed by atoms with van der Waals surface area (Å²) < 4.78 is 19.7. The highest BCUT2D eigenvalue weighted by Crippen LogP contribution is 2.27. The molecule has 2 fully saturated rings. The van der Waals surface area contributed by atoms with E-state index in [1.165, 1.54) is 24.8 Å². The molecule has 4 heterocycles. The summed E-state index contributed by atoms with van der Waals surface area (Å²) in [5, 5.41) is 13.9. The highest BCUT2D eigenvalue weighted by Gasteiger charge is 2.44. The van der Waals surface area contributed by atoms with Crippen LogP contribution >= 0.6 is 0 Å². The van der Waals surface area contributed by atoms with Crippen LogP contribution in [0, 0.1) is 5.82 Å². The summed E-state index contributed by atoms with van der Waals surface area (Å²) in [5.74, 6) is -0.310. The third kappa shape index (κ3) is 3.94. The van der Waals surface area contributed by atoms with Crippen LogP contribution in [0.4, 0.5) is 4.39 Å². The van der Waals surface area contributed by atoms with Crippen molar-refractivity contribution in [2.75, 3.05) is 13.1 Å². The molecule has 2 aromatic heterocycles. The van der Waals surface area contributed by atoms with Gasteiger partial charge >= 0.3 is 0 Å². The van der Waals surface area contributed by atoms with E-state index in [0.29, 0.717) is 37.4 Å². The number of fused-ring (bicyclic) bond motifs is 1. The predicted molar refractivity (Wildman–Crippen MR) is 109 cm³/mol. The van der Waals surface area contributed by atoms with Crippen LogP contribution < -0.4 is 10.6 Å². The van der Waals surface area contributed by atoms with Gasteiger partial charge in [-0.3, -0.25) is 14.5 Å². The number of nitrogens with one attached hydrogen (secondary N) is 2. The van der Waals surface area contributed by atoms with E-state index in [0.717, 1.165) is 0 Å². The monoisotopic (exact) mass is 437 g/mol. The Morgan fingerprint density at radius 3 is 2.88 bits per heavy atom. The van der Waals surface area contributed by atoms with Gasteiger partial charge < -0.3 is 15.1 Å². The molecule has 0 saturated carbocycles. The molecule has 2 N–H and O–H groups in total. The third-order valence-electron chi connectivity index (χ3n) is 5.76. The number of rotatable bonds is 5. The van der Waals surface area contributed by atoms with E-state index in [9.17, 15) is 14.0 Å². The van der Waals surface area contributed by atoms with Crippen molar-refractivity contribution in [1.29, 1.82) is 0 Å². The maximum absolute atomic E-state index is 14.0. The van der Waals surface area contributed by atoms with Crippen molar-refractivity contribution in [2.24, 2.45) is 0 Å². The van der Waals surface area contributed by atoms with Crippen molar-refractivity contribution >= 4 is 11.8 Å². The van der Waals surface area contributed by atoms with Crippen LogP contribution in [0.1, 0.15) is 22.7 Å². The molecule has 0 bridgehead atoms. The van der Waals surface area contributed by atoms with Gasteiger partial charge in [0.05, 0.1) is 17.2 Å². The van der Waals surface area contributed by atoms with E-state index in [2.05, 4.69) is 35.7 Å². The quantitative estimate of drug-likeness (QED) is 0.594. The molecule has 0 unspecified atom stereocenters. The van der Waals surface area contributed by atoms with Crippen LogP contribution in [-0.4, -0.2) is 68.1 Å². The predicted octanol–water partition coefficient (Wildman–Crippen LogP) is 0.580. The summed E-state index contributed by atoms with van der Waals surface area (Å²) >= 11 is 0. The van der Waals surface area contributed by atoms with Gasteiger partial charge in [0, 0.05) is 44.0 Å². The lowest BCUT2D eigenvalue weighted by atomic mass is 10.1. The Morgan fingerprint density at radius 1 is 1.25 bits per heavy atom. The number of nitrogens with zero attached hydrogens (tertiary/aromatic N) is 5. The highest BCUT2D eigenvalue weighted by atomic mass is 19.1. The molecular weight excluding hydrogens is 417 g/mol. The fourth-order valence-electron chi connectivity index (χ4n) is 4.24. The summed E-state index contributed by atoms with van der Waals surface area (Å²) in [6.45, 7) is 0.927. The summed E-state index contributed by atoms with van der Waals surface area (Å²) in [6, 6.07) is 5.55. The number of carbonyl (C=O) groups is 2. The lowest BCUT2D eigenvalue weighted by Crippen LogP contribution is -2.58. The molecular formula is C21H20FN7O3. The van der Waals surface area contributed by atoms with Gasteiger partial charge in [0.1, 0.15) is 12.1 Å². The molecule has 164 valence electrons. The van der Waals surface area contributed by atoms with Crippen molar-refractivity contribution in [3.63, 3.8) is 0 Å². The van der Waals surface area contributed by atoms with Crippen LogP contribution in [0.5, 0.6) is 0 Å². The molecule has 0 spiro atoms. The summed E-state index contributed by atoms with van der Waals surface area (Å²) in [4.78, 5) is 34.6. The first-order valence-electron chi connectivity index (χ1n) is 10.2. The Morgan fingerprint density at radius 2 is 2.06 bits per heavy atom. The van der Waals surface area contributed by atoms with Crippen LogP contribution in [0.15, 0.2) is 47.4 Å². The first kappa shape index (κ1) is 20.2. The SMILES string of the molecule is O=C(N[C@H]1C[C@H]2C(=O)NC[C@@H](Cc3nnc(-c4ccccc4F)o3)N2C1)c1cncnc1. The average molecular weight is 437 g/mol. The number of benzene rings is 1. The first-order chi connectivity index (χ1) is 15.6. The minimum absolute atomic E-state index is 0.0707. The third-order valence-corrected chi connectivity index (χ3v) is 5.76. The van der Waals surface area contributed by atoms with Crippen molar-refractivity contribution in [3.05, 3.63) is 60.3 Å². The second-order valence-electron chi connectivity index (χ2n) is 7.83. The Balaban J connectivity index is 1.27. The molecule has 5 rings (SSSR count). The number of aromatic nitrogens is 4. The normalized spacial score (nSPS) is 22.9. The second-order valence-corrected chi connectivity index (χ2v) is 7.83. The van der Waals surface area contributed by atoms with Gasteiger partial charge in [-0.05, 0) is 18.6 Å². The van der Waals surface area contributed by atoms with Gasteiger partial charge in [0.25, 0.3) is 11.8 Å². The molecule has 11 heteroatoms. The van der Waals surface area contributed by atoms with Crippen molar-refractivity contribution in [1.82, 2.24) is 35.7 Å².